The minimum absolute atomic E-state index is 0.697. The molecule has 0 heterocycles. The maximum absolute atomic E-state index is 3.60. The summed E-state index contributed by atoms with van der Waals surface area (Å²) in [5.41, 5.74) is 0. The van der Waals surface area contributed by atoms with E-state index in [2.05, 4.69) is 33.0 Å². The van der Waals surface area contributed by atoms with Crippen molar-refractivity contribution in [2.24, 2.45) is 5.92 Å². The summed E-state index contributed by atoms with van der Waals surface area (Å²) in [6, 6.07) is 0.697. The number of rotatable bonds is 16. The van der Waals surface area contributed by atoms with Crippen molar-refractivity contribution >= 4 is 0 Å². The standard InChI is InChI=1S/C20H43N/c1-5-7-8-9-10-11-12-13-14-15-16-19(3)18-20(4)21-17-6-2/h19-21H,5-18H2,1-4H3. The van der Waals surface area contributed by atoms with Gasteiger partial charge in [-0.25, -0.2) is 0 Å². The molecule has 0 aromatic rings. The van der Waals surface area contributed by atoms with Crippen molar-refractivity contribution in [3.05, 3.63) is 0 Å². The third kappa shape index (κ3) is 16.2. The van der Waals surface area contributed by atoms with Crippen LogP contribution < -0.4 is 5.32 Å². The van der Waals surface area contributed by atoms with Gasteiger partial charge in [0.25, 0.3) is 0 Å². The van der Waals surface area contributed by atoms with E-state index >= 15 is 0 Å². The molecule has 2 atom stereocenters. The van der Waals surface area contributed by atoms with Crippen LogP contribution >= 0.6 is 0 Å². The van der Waals surface area contributed by atoms with Crippen LogP contribution in [0.25, 0.3) is 0 Å². The molecule has 0 saturated heterocycles. The Morgan fingerprint density at radius 3 is 1.71 bits per heavy atom. The van der Waals surface area contributed by atoms with Gasteiger partial charge >= 0.3 is 0 Å². The summed E-state index contributed by atoms with van der Waals surface area (Å²) in [7, 11) is 0. The summed E-state index contributed by atoms with van der Waals surface area (Å²) in [5, 5.41) is 3.60. The van der Waals surface area contributed by atoms with Crippen LogP contribution in [0.3, 0.4) is 0 Å². The first-order chi connectivity index (χ1) is 10.2. The molecular weight excluding hydrogens is 254 g/mol. The number of hydrogen-bond donors (Lipinski definition) is 1. The van der Waals surface area contributed by atoms with Crippen LogP contribution in [0.1, 0.15) is 111 Å². The summed E-state index contributed by atoms with van der Waals surface area (Å²) in [4.78, 5) is 0. The van der Waals surface area contributed by atoms with Gasteiger partial charge in [0.2, 0.25) is 0 Å². The third-order valence-electron chi connectivity index (χ3n) is 4.55. The van der Waals surface area contributed by atoms with Gasteiger partial charge in [0.15, 0.2) is 0 Å². The monoisotopic (exact) mass is 297 g/mol. The zero-order chi connectivity index (χ0) is 15.8. The highest BCUT2D eigenvalue weighted by molar-refractivity contribution is 4.65. The fourth-order valence-corrected chi connectivity index (χ4v) is 3.18. The number of nitrogens with one attached hydrogen (secondary N) is 1. The predicted octanol–water partition coefficient (Wildman–Crippen LogP) is 6.71. The lowest BCUT2D eigenvalue weighted by molar-refractivity contribution is 0.389. The first kappa shape index (κ1) is 21.0. The summed E-state index contributed by atoms with van der Waals surface area (Å²) < 4.78 is 0. The molecule has 0 bridgehead atoms. The lowest BCUT2D eigenvalue weighted by Crippen LogP contribution is -2.28. The van der Waals surface area contributed by atoms with E-state index in [-0.39, 0.29) is 0 Å². The van der Waals surface area contributed by atoms with Gasteiger partial charge in [0.1, 0.15) is 0 Å². The summed E-state index contributed by atoms with van der Waals surface area (Å²) in [6.45, 7) is 10.5. The zero-order valence-corrected chi connectivity index (χ0v) is 15.6. The van der Waals surface area contributed by atoms with Gasteiger partial charge < -0.3 is 5.32 Å². The first-order valence-corrected chi connectivity index (χ1v) is 9.94. The predicted molar refractivity (Wildman–Crippen MR) is 98.0 cm³/mol. The fraction of sp³-hybridized carbons (Fsp3) is 1.00. The Labute approximate surface area is 135 Å². The number of hydrogen-bond acceptors (Lipinski definition) is 1. The molecule has 0 aliphatic carbocycles. The highest BCUT2D eigenvalue weighted by atomic mass is 14.9. The summed E-state index contributed by atoms with van der Waals surface area (Å²) >= 11 is 0. The molecule has 2 unspecified atom stereocenters. The van der Waals surface area contributed by atoms with Crippen molar-refractivity contribution in [2.75, 3.05) is 6.54 Å². The largest absolute Gasteiger partial charge is 0.314 e. The quantitative estimate of drug-likeness (QED) is 0.312. The van der Waals surface area contributed by atoms with Crippen molar-refractivity contribution in [3.8, 4) is 0 Å². The zero-order valence-electron chi connectivity index (χ0n) is 15.6. The molecule has 0 saturated carbocycles. The lowest BCUT2D eigenvalue weighted by Gasteiger charge is -2.18. The van der Waals surface area contributed by atoms with Gasteiger partial charge in [-0.1, -0.05) is 91.4 Å². The van der Waals surface area contributed by atoms with Crippen LogP contribution in [0.15, 0.2) is 0 Å². The van der Waals surface area contributed by atoms with Gasteiger partial charge in [-0.3, -0.25) is 0 Å². The van der Waals surface area contributed by atoms with E-state index in [1.807, 2.05) is 0 Å². The van der Waals surface area contributed by atoms with Crippen molar-refractivity contribution in [2.45, 2.75) is 117 Å². The lowest BCUT2D eigenvalue weighted by atomic mass is 9.95. The van der Waals surface area contributed by atoms with Gasteiger partial charge in [-0.05, 0) is 32.2 Å². The van der Waals surface area contributed by atoms with Crippen LogP contribution in [-0.2, 0) is 0 Å². The number of unbranched alkanes of at least 4 members (excludes halogenated alkanes) is 9. The first-order valence-electron chi connectivity index (χ1n) is 9.94. The summed E-state index contributed by atoms with van der Waals surface area (Å²) in [6.07, 6.45) is 18.5. The molecule has 21 heavy (non-hydrogen) atoms. The van der Waals surface area contributed by atoms with E-state index in [4.69, 9.17) is 0 Å². The van der Waals surface area contributed by atoms with Crippen LogP contribution in [0.2, 0.25) is 0 Å². The van der Waals surface area contributed by atoms with Gasteiger partial charge in [0.05, 0.1) is 0 Å². The Hall–Kier alpha value is -0.0400. The van der Waals surface area contributed by atoms with E-state index in [1.165, 1.54) is 90.0 Å². The SMILES string of the molecule is CCCCCCCCCCCCC(C)CC(C)NCCC. The van der Waals surface area contributed by atoms with Gasteiger partial charge in [-0.2, -0.15) is 0 Å². The second-order valence-electron chi connectivity index (χ2n) is 7.17. The van der Waals surface area contributed by atoms with Gasteiger partial charge in [-0.15, -0.1) is 0 Å². The molecule has 0 fully saturated rings. The van der Waals surface area contributed by atoms with E-state index < -0.39 is 0 Å². The van der Waals surface area contributed by atoms with Gasteiger partial charge in [0, 0.05) is 6.04 Å². The van der Waals surface area contributed by atoms with Crippen LogP contribution in [0.5, 0.6) is 0 Å². The molecule has 128 valence electrons. The van der Waals surface area contributed by atoms with Crippen molar-refractivity contribution in [1.29, 1.82) is 0 Å². The van der Waals surface area contributed by atoms with E-state index in [0.717, 1.165) is 5.92 Å². The smallest absolute Gasteiger partial charge is 0.00412 e. The Morgan fingerprint density at radius 2 is 1.19 bits per heavy atom. The molecule has 0 spiro atoms. The average Bonchev–Trinajstić information content (AvgIpc) is 2.47. The third-order valence-corrected chi connectivity index (χ3v) is 4.55. The Kier molecular flexibility index (Phi) is 16.3. The van der Waals surface area contributed by atoms with E-state index in [1.54, 1.807) is 0 Å². The molecule has 1 N–H and O–H groups in total. The second-order valence-corrected chi connectivity index (χ2v) is 7.17. The minimum Gasteiger partial charge on any atom is -0.314 e. The molecule has 0 amide bonds. The average molecular weight is 298 g/mol. The molecule has 0 aliphatic heterocycles. The Morgan fingerprint density at radius 1 is 0.667 bits per heavy atom. The molecule has 0 aromatic carbocycles. The van der Waals surface area contributed by atoms with Crippen molar-refractivity contribution in [1.82, 2.24) is 5.32 Å². The van der Waals surface area contributed by atoms with E-state index in [9.17, 15) is 0 Å². The highest BCUT2D eigenvalue weighted by Crippen LogP contribution is 2.17. The molecule has 0 aliphatic rings. The molecule has 0 aromatic heterocycles. The topological polar surface area (TPSA) is 12.0 Å². The normalized spacial score (nSPS) is 14.3. The molecule has 1 nitrogen and oxygen atoms in total. The summed E-state index contributed by atoms with van der Waals surface area (Å²) in [5.74, 6) is 0.887. The highest BCUT2D eigenvalue weighted by Gasteiger charge is 2.07. The fourth-order valence-electron chi connectivity index (χ4n) is 3.18. The molecular formula is C20H43N. The van der Waals surface area contributed by atoms with E-state index in [0.29, 0.717) is 6.04 Å². The Balaban J connectivity index is 3.22. The van der Waals surface area contributed by atoms with Crippen LogP contribution in [-0.4, -0.2) is 12.6 Å². The van der Waals surface area contributed by atoms with Crippen molar-refractivity contribution < 1.29 is 0 Å². The molecule has 1 heteroatoms. The maximum atomic E-state index is 3.60. The second kappa shape index (κ2) is 16.3. The molecule has 0 radical (unpaired) electrons. The Bertz CT molecular complexity index is 190. The minimum atomic E-state index is 0.697. The molecule has 0 rings (SSSR count). The van der Waals surface area contributed by atoms with Crippen LogP contribution in [0.4, 0.5) is 0 Å². The maximum Gasteiger partial charge on any atom is 0.00412 e. The van der Waals surface area contributed by atoms with Crippen LogP contribution in [0, 0.1) is 5.92 Å². The van der Waals surface area contributed by atoms with Crippen molar-refractivity contribution in [3.63, 3.8) is 0 Å².